The topological polar surface area (TPSA) is 140 Å². The maximum Gasteiger partial charge on any atom is 0.354 e. The van der Waals surface area contributed by atoms with Gasteiger partial charge >= 0.3 is 5.97 Å². The van der Waals surface area contributed by atoms with E-state index < -0.39 is 29.5 Å². The first-order chi connectivity index (χ1) is 19.2. The van der Waals surface area contributed by atoms with Crippen LogP contribution in [0.3, 0.4) is 0 Å². The summed E-state index contributed by atoms with van der Waals surface area (Å²) in [6.45, 7) is 6.61. The van der Waals surface area contributed by atoms with Crippen molar-refractivity contribution in [1.82, 2.24) is 14.8 Å². The van der Waals surface area contributed by atoms with E-state index in [0.29, 0.717) is 66.9 Å². The molecule has 0 spiro atoms. The van der Waals surface area contributed by atoms with E-state index in [0.717, 1.165) is 0 Å². The van der Waals surface area contributed by atoms with Crippen molar-refractivity contribution >= 4 is 23.4 Å². The van der Waals surface area contributed by atoms with Crippen molar-refractivity contribution < 1.29 is 43.2 Å². The highest BCUT2D eigenvalue weighted by molar-refractivity contribution is 6.46. The molecule has 2 N–H and O–H groups in total. The van der Waals surface area contributed by atoms with E-state index in [9.17, 15) is 19.5 Å². The van der Waals surface area contributed by atoms with Gasteiger partial charge in [-0.15, -0.1) is 0 Å². The standard InChI is InChI=1S/C28H35N3O9/c1-15-20(16(2)29-22(15)28(35)39-6)24(32)21-23(17-13-18(36-3)26(38-5)19(14-17)37-4)31(27(34)25(21)33)8-7-30-9-11-40-12-10-30/h13-14,23,29,32H,7-12H2,1-6H3/b24-21+. The Hall–Kier alpha value is -4.03. The summed E-state index contributed by atoms with van der Waals surface area (Å²) in [7, 11) is 5.67. The minimum absolute atomic E-state index is 0.108. The van der Waals surface area contributed by atoms with E-state index in [1.54, 1.807) is 26.0 Å². The number of ketones is 1. The lowest BCUT2D eigenvalue weighted by molar-refractivity contribution is -0.140. The minimum Gasteiger partial charge on any atom is -0.507 e. The molecule has 12 nitrogen and oxygen atoms in total. The van der Waals surface area contributed by atoms with Crippen LogP contribution < -0.4 is 14.2 Å². The summed E-state index contributed by atoms with van der Waals surface area (Å²) in [6.07, 6.45) is 0. The summed E-state index contributed by atoms with van der Waals surface area (Å²) in [5.41, 5.74) is 1.61. The number of carbonyl (C=O) groups excluding carboxylic acids is 3. The van der Waals surface area contributed by atoms with Gasteiger partial charge in [0.15, 0.2) is 11.5 Å². The number of aromatic nitrogens is 1. The third-order valence-electron chi connectivity index (χ3n) is 7.37. The van der Waals surface area contributed by atoms with E-state index >= 15 is 0 Å². The summed E-state index contributed by atoms with van der Waals surface area (Å²) in [4.78, 5) is 45.9. The van der Waals surface area contributed by atoms with E-state index in [4.69, 9.17) is 23.7 Å². The first kappa shape index (κ1) is 29.0. The van der Waals surface area contributed by atoms with E-state index in [-0.39, 0.29) is 23.4 Å². The summed E-state index contributed by atoms with van der Waals surface area (Å²) >= 11 is 0. The van der Waals surface area contributed by atoms with E-state index in [1.165, 1.54) is 33.3 Å². The number of aromatic amines is 1. The first-order valence-corrected chi connectivity index (χ1v) is 12.8. The van der Waals surface area contributed by atoms with E-state index in [2.05, 4.69) is 9.88 Å². The Labute approximate surface area is 232 Å². The van der Waals surface area contributed by atoms with Crippen LogP contribution in [0.15, 0.2) is 17.7 Å². The number of Topliss-reactive ketones (excluding diaryl/α,β-unsaturated/α-hetero) is 1. The van der Waals surface area contributed by atoms with Crippen LogP contribution in [0.1, 0.15) is 38.9 Å². The third kappa shape index (κ3) is 5.11. The van der Waals surface area contributed by atoms with Gasteiger partial charge in [-0.05, 0) is 37.1 Å². The Morgan fingerprint density at radius 2 is 1.65 bits per heavy atom. The smallest absolute Gasteiger partial charge is 0.354 e. The number of hydrogen-bond donors (Lipinski definition) is 2. The second kappa shape index (κ2) is 12.0. The van der Waals surface area contributed by atoms with Crippen LogP contribution >= 0.6 is 0 Å². The molecular weight excluding hydrogens is 522 g/mol. The number of likely N-dealkylation sites (tertiary alicyclic amines) is 1. The molecule has 216 valence electrons. The van der Waals surface area contributed by atoms with Crippen molar-refractivity contribution in [2.45, 2.75) is 19.9 Å². The normalized spacial score (nSPS) is 19.1. The lowest BCUT2D eigenvalue weighted by Gasteiger charge is -2.31. The lowest BCUT2D eigenvalue weighted by Crippen LogP contribution is -2.42. The van der Waals surface area contributed by atoms with Gasteiger partial charge in [0.1, 0.15) is 11.5 Å². The zero-order chi connectivity index (χ0) is 29.1. The number of rotatable bonds is 9. The molecule has 2 fully saturated rings. The molecule has 12 heteroatoms. The van der Waals surface area contributed by atoms with Crippen LogP contribution in [0.5, 0.6) is 17.2 Å². The molecule has 40 heavy (non-hydrogen) atoms. The number of amides is 1. The second-order valence-electron chi connectivity index (χ2n) is 9.52. The van der Waals surface area contributed by atoms with Gasteiger partial charge in [-0.3, -0.25) is 14.5 Å². The van der Waals surface area contributed by atoms with Gasteiger partial charge in [-0.1, -0.05) is 0 Å². The molecule has 0 saturated carbocycles. The highest BCUT2D eigenvalue weighted by Crippen LogP contribution is 2.46. The number of aliphatic hydroxyl groups is 1. The molecule has 2 aliphatic heterocycles. The van der Waals surface area contributed by atoms with Crippen molar-refractivity contribution in [2.24, 2.45) is 0 Å². The number of morpholine rings is 1. The molecule has 0 bridgehead atoms. The monoisotopic (exact) mass is 557 g/mol. The zero-order valence-corrected chi connectivity index (χ0v) is 23.6. The molecule has 1 aromatic heterocycles. The first-order valence-electron chi connectivity index (χ1n) is 12.8. The van der Waals surface area contributed by atoms with Crippen molar-refractivity contribution in [3.63, 3.8) is 0 Å². The minimum atomic E-state index is -0.968. The molecule has 2 saturated heterocycles. The predicted octanol–water partition coefficient (Wildman–Crippen LogP) is 2.20. The second-order valence-corrected chi connectivity index (χ2v) is 9.52. The van der Waals surface area contributed by atoms with Gasteiger partial charge in [0, 0.05) is 37.4 Å². The SMILES string of the molecule is COC(=O)c1[nH]c(C)c(/C(O)=C2\C(=O)C(=O)N(CCN3CCOCC3)C2c2cc(OC)c(OC)c(OC)c2)c1C. The van der Waals surface area contributed by atoms with Gasteiger partial charge in [0.2, 0.25) is 5.75 Å². The van der Waals surface area contributed by atoms with Crippen molar-refractivity contribution in [1.29, 1.82) is 0 Å². The zero-order valence-electron chi connectivity index (χ0n) is 23.6. The van der Waals surface area contributed by atoms with Crippen LogP contribution in [0.25, 0.3) is 5.76 Å². The number of aliphatic hydroxyl groups excluding tert-OH is 1. The largest absolute Gasteiger partial charge is 0.507 e. The number of methoxy groups -OCH3 is 4. The summed E-state index contributed by atoms with van der Waals surface area (Å²) in [6, 6.07) is 2.35. The Morgan fingerprint density at radius 3 is 2.20 bits per heavy atom. The van der Waals surface area contributed by atoms with Crippen LogP contribution in [-0.4, -0.2) is 105 Å². The number of carbonyl (C=O) groups is 3. The lowest BCUT2D eigenvalue weighted by atomic mass is 9.93. The van der Waals surface area contributed by atoms with Gasteiger partial charge in [0.05, 0.1) is 53.3 Å². The van der Waals surface area contributed by atoms with Crippen molar-refractivity contribution in [3.05, 3.63) is 45.8 Å². The number of aryl methyl sites for hydroxylation is 1. The fourth-order valence-electron chi connectivity index (χ4n) is 5.34. The molecule has 1 unspecified atom stereocenters. The molecule has 1 amide bonds. The number of esters is 1. The van der Waals surface area contributed by atoms with Gasteiger partial charge in [0.25, 0.3) is 11.7 Å². The van der Waals surface area contributed by atoms with Crippen molar-refractivity contribution in [2.75, 3.05) is 67.8 Å². The quantitative estimate of drug-likeness (QED) is 0.204. The van der Waals surface area contributed by atoms with E-state index in [1.807, 2.05) is 0 Å². The number of nitrogens with zero attached hydrogens (tertiary/aromatic N) is 2. The average molecular weight is 558 g/mol. The summed E-state index contributed by atoms with van der Waals surface area (Å²) < 4.78 is 26.8. The van der Waals surface area contributed by atoms with Crippen molar-refractivity contribution in [3.8, 4) is 17.2 Å². The number of ether oxygens (including phenoxy) is 5. The number of benzene rings is 1. The molecule has 2 aromatic rings. The third-order valence-corrected chi connectivity index (χ3v) is 7.37. The molecule has 2 aliphatic rings. The van der Waals surface area contributed by atoms with Crippen LogP contribution in [0.4, 0.5) is 0 Å². The summed E-state index contributed by atoms with van der Waals surface area (Å²) in [5, 5.41) is 11.7. The van der Waals surface area contributed by atoms with Crippen LogP contribution in [0.2, 0.25) is 0 Å². The highest BCUT2D eigenvalue weighted by Gasteiger charge is 2.47. The molecular formula is C28H35N3O9. The molecule has 3 heterocycles. The Bertz CT molecular complexity index is 1320. The maximum atomic E-state index is 13.6. The fourth-order valence-corrected chi connectivity index (χ4v) is 5.34. The molecule has 1 atom stereocenters. The average Bonchev–Trinajstić information content (AvgIpc) is 3.41. The fraction of sp³-hybridized carbons (Fsp3) is 0.464. The van der Waals surface area contributed by atoms with Crippen LogP contribution in [0, 0.1) is 13.8 Å². The Kier molecular flexibility index (Phi) is 8.70. The molecule has 0 aliphatic carbocycles. The molecule has 4 rings (SSSR count). The molecule has 1 aromatic carbocycles. The van der Waals surface area contributed by atoms with Gasteiger partial charge < -0.3 is 38.7 Å². The highest BCUT2D eigenvalue weighted by atomic mass is 16.5. The van der Waals surface area contributed by atoms with Gasteiger partial charge in [-0.2, -0.15) is 0 Å². The Morgan fingerprint density at radius 1 is 1.02 bits per heavy atom. The maximum absolute atomic E-state index is 13.6. The molecule has 0 radical (unpaired) electrons. The Balaban J connectivity index is 1.90. The predicted molar refractivity (Wildman–Crippen MR) is 144 cm³/mol. The number of hydrogen-bond acceptors (Lipinski definition) is 10. The summed E-state index contributed by atoms with van der Waals surface area (Å²) in [5.74, 6) is -1.58. The number of nitrogens with one attached hydrogen (secondary N) is 1. The number of H-pyrrole nitrogens is 1. The van der Waals surface area contributed by atoms with Gasteiger partial charge in [-0.25, -0.2) is 4.79 Å². The van der Waals surface area contributed by atoms with Crippen LogP contribution in [-0.2, 0) is 19.1 Å².